The van der Waals surface area contributed by atoms with Crippen LogP contribution in [0, 0.1) is 5.82 Å². The van der Waals surface area contributed by atoms with Crippen LogP contribution >= 0.6 is 11.6 Å². The van der Waals surface area contributed by atoms with Gasteiger partial charge in [-0.05, 0) is 37.1 Å². The van der Waals surface area contributed by atoms with Gasteiger partial charge in [-0.1, -0.05) is 23.7 Å². The summed E-state index contributed by atoms with van der Waals surface area (Å²) in [4.78, 5) is 14.9. The second-order valence-corrected chi connectivity index (χ2v) is 8.38. The molecule has 1 unspecified atom stereocenters. The van der Waals surface area contributed by atoms with E-state index in [1.807, 2.05) is 4.90 Å². The lowest BCUT2D eigenvalue weighted by atomic mass is 10.2. The first kappa shape index (κ1) is 22.5. The molecule has 10 heteroatoms. The summed E-state index contributed by atoms with van der Waals surface area (Å²) in [5.41, 5.74) is 13.5. The quantitative estimate of drug-likeness (QED) is 0.220. The van der Waals surface area contributed by atoms with E-state index in [9.17, 15) is 14.3 Å². The highest BCUT2D eigenvalue weighted by Gasteiger charge is 2.32. The van der Waals surface area contributed by atoms with Gasteiger partial charge in [-0.3, -0.25) is 9.48 Å². The summed E-state index contributed by atoms with van der Waals surface area (Å²) in [5, 5.41) is 18.1. The first-order valence-corrected chi connectivity index (χ1v) is 10.9. The number of nitrogens with two attached hydrogens (primary N) is 2. The molecule has 170 valence electrons. The number of aliphatic hydroxyl groups is 1. The minimum absolute atomic E-state index is 0.0204. The number of halogens is 2. The van der Waals surface area contributed by atoms with Gasteiger partial charge >= 0.3 is 0 Å². The molecule has 3 aromatic rings. The lowest BCUT2D eigenvalue weighted by Gasteiger charge is -2.23. The maximum atomic E-state index is 14.0. The number of aromatic nitrogens is 2. The summed E-state index contributed by atoms with van der Waals surface area (Å²) >= 11 is 5.82. The van der Waals surface area contributed by atoms with Crippen LogP contribution in [0.25, 0.3) is 10.9 Å². The largest absolute Gasteiger partial charge is 0.399 e. The van der Waals surface area contributed by atoms with E-state index in [0.29, 0.717) is 41.8 Å². The standard InChI is InChI=1S/C22H26ClFN6O2/c23-17-3-1-2-13(20(17)24)11-27-8-9-29(15-5-6-15)19(31)12-30-18-7-4-14(25)10-16(18)21(28-30)22(26)32/h1-4,7,10,15,22,27,32H,5-6,8-9,11-12,25-26H2. The van der Waals surface area contributed by atoms with Gasteiger partial charge in [-0.15, -0.1) is 0 Å². The van der Waals surface area contributed by atoms with Gasteiger partial charge in [-0.25, -0.2) is 4.39 Å². The van der Waals surface area contributed by atoms with Crippen molar-refractivity contribution < 1.29 is 14.3 Å². The van der Waals surface area contributed by atoms with Gasteiger partial charge < -0.3 is 26.8 Å². The molecule has 8 nitrogen and oxygen atoms in total. The molecule has 6 N–H and O–H groups in total. The molecule has 1 aliphatic rings. The fourth-order valence-corrected chi connectivity index (χ4v) is 3.98. The molecule has 1 saturated carbocycles. The van der Waals surface area contributed by atoms with Crippen molar-refractivity contribution >= 4 is 34.1 Å². The Labute approximate surface area is 189 Å². The van der Waals surface area contributed by atoms with Gasteiger partial charge in [0.15, 0.2) is 0 Å². The molecule has 4 rings (SSSR count). The highest BCUT2D eigenvalue weighted by Crippen LogP contribution is 2.28. The third kappa shape index (κ3) is 4.86. The fourth-order valence-electron chi connectivity index (χ4n) is 3.78. The Bertz CT molecular complexity index is 1130. The molecule has 1 aliphatic carbocycles. The molecule has 1 heterocycles. The molecule has 32 heavy (non-hydrogen) atoms. The van der Waals surface area contributed by atoms with E-state index in [2.05, 4.69) is 10.4 Å². The van der Waals surface area contributed by atoms with Crippen LogP contribution in [-0.4, -0.2) is 44.8 Å². The predicted molar refractivity (Wildman–Crippen MR) is 121 cm³/mol. The zero-order chi connectivity index (χ0) is 22.8. The van der Waals surface area contributed by atoms with E-state index in [1.165, 1.54) is 6.07 Å². The van der Waals surface area contributed by atoms with E-state index in [4.69, 9.17) is 23.1 Å². The number of nitrogens with zero attached hydrogens (tertiary/aromatic N) is 3. The number of benzene rings is 2. The number of nitrogen functional groups attached to an aromatic ring is 1. The normalized spacial score (nSPS) is 14.6. The predicted octanol–water partition coefficient (Wildman–Crippen LogP) is 2.14. The lowest BCUT2D eigenvalue weighted by molar-refractivity contribution is -0.132. The number of hydrogen-bond acceptors (Lipinski definition) is 6. The SMILES string of the molecule is Nc1ccc2c(c1)c(C(N)O)nn2CC(=O)N(CCNCc1cccc(Cl)c1F)C1CC1. The van der Waals surface area contributed by atoms with Crippen LogP contribution in [0.4, 0.5) is 10.1 Å². The molecule has 0 radical (unpaired) electrons. The van der Waals surface area contributed by atoms with Gasteiger partial charge in [-0.2, -0.15) is 5.10 Å². The Kier molecular flexibility index (Phi) is 6.61. The van der Waals surface area contributed by atoms with Gasteiger partial charge in [0.25, 0.3) is 0 Å². The van der Waals surface area contributed by atoms with E-state index in [1.54, 1.807) is 35.0 Å². The Morgan fingerprint density at radius 1 is 1.38 bits per heavy atom. The maximum absolute atomic E-state index is 14.0. The van der Waals surface area contributed by atoms with Crippen LogP contribution in [0.3, 0.4) is 0 Å². The number of anilines is 1. The average Bonchev–Trinajstić information content (AvgIpc) is 3.52. The Hall–Kier alpha value is -2.72. The second-order valence-electron chi connectivity index (χ2n) is 7.97. The third-order valence-corrected chi connectivity index (χ3v) is 5.84. The van der Waals surface area contributed by atoms with E-state index >= 15 is 0 Å². The van der Waals surface area contributed by atoms with Crippen molar-refractivity contribution in [3.05, 3.63) is 58.5 Å². The summed E-state index contributed by atoms with van der Waals surface area (Å²) in [6.45, 7) is 1.34. The van der Waals surface area contributed by atoms with Crippen LogP contribution < -0.4 is 16.8 Å². The number of amides is 1. The first-order chi connectivity index (χ1) is 15.3. The van der Waals surface area contributed by atoms with Gasteiger partial charge in [0.1, 0.15) is 24.3 Å². The van der Waals surface area contributed by atoms with Crippen LogP contribution in [0.5, 0.6) is 0 Å². The number of aliphatic hydroxyl groups excluding tert-OH is 1. The van der Waals surface area contributed by atoms with Crippen molar-refractivity contribution in [1.29, 1.82) is 0 Å². The summed E-state index contributed by atoms with van der Waals surface area (Å²) in [6.07, 6.45) is 0.640. The van der Waals surface area contributed by atoms with Crippen molar-refractivity contribution in [2.75, 3.05) is 18.8 Å². The maximum Gasteiger partial charge on any atom is 0.244 e. The van der Waals surface area contributed by atoms with Crippen molar-refractivity contribution in [3.63, 3.8) is 0 Å². The smallest absolute Gasteiger partial charge is 0.244 e. The van der Waals surface area contributed by atoms with Gasteiger partial charge in [0.05, 0.1) is 10.5 Å². The van der Waals surface area contributed by atoms with Crippen LogP contribution in [0.1, 0.15) is 30.3 Å². The number of hydrogen-bond donors (Lipinski definition) is 4. The molecular weight excluding hydrogens is 435 g/mol. The van der Waals surface area contributed by atoms with Crippen molar-refractivity contribution in [2.24, 2.45) is 5.73 Å². The zero-order valence-corrected chi connectivity index (χ0v) is 18.2. The minimum atomic E-state index is -1.27. The summed E-state index contributed by atoms with van der Waals surface area (Å²) < 4.78 is 15.6. The minimum Gasteiger partial charge on any atom is -0.399 e. The Morgan fingerprint density at radius 2 is 2.16 bits per heavy atom. The zero-order valence-electron chi connectivity index (χ0n) is 17.5. The molecule has 1 fully saturated rings. The molecule has 0 aliphatic heterocycles. The lowest BCUT2D eigenvalue weighted by Crippen LogP contribution is -2.40. The van der Waals surface area contributed by atoms with Crippen molar-refractivity contribution in [1.82, 2.24) is 20.0 Å². The highest BCUT2D eigenvalue weighted by molar-refractivity contribution is 6.30. The summed E-state index contributed by atoms with van der Waals surface area (Å²) in [5.74, 6) is -0.511. The van der Waals surface area contributed by atoms with Gasteiger partial charge in [0, 0.05) is 42.3 Å². The second kappa shape index (κ2) is 9.41. The molecule has 1 aromatic heterocycles. The Morgan fingerprint density at radius 3 is 2.88 bits per heavy atom. The van der Waals surface area contributed by atoms with Crippen molar-refractivity contribution in [2.45, 2.75) is 38.2 Å². The van der Waals surface area contributed by atoms with E-state index in [0.717, 1.165) is 12.8 Å². The topological polar surface area (TPSA) is 122 Å². The van der Waals surface area contributed by atoms with Crippen LogP contribution in [-0.2, 0) is 17.9 Å². The summed E-state index contributed by atoms with van der Waals surface area (Å²) in [6, 6.07) is 10.3. The van der Waals surface area contributed by atoms with E-state index in [-0.39, 0.29) is 29.2 Å². The molecule has 0 saturated heterocycles. The van der Waals surface area contributed by atoms with Crippen LogP contribution in [0.15, 0.2) is 36.4 Å². The highest BCUT2D eigenvalue weighted by atomic mass is 35.5. The molecule has 0 spiro atoms. The summed E-state index contributed by atoms with van der Waals surface area (Å²) in [7, 11) is 0. The average molecular weight is 461 g/mol. The fraction of sp³-hybridized carbons (Fsp3) is 0.364. The van der Waals surface area contributed by atoms with Crippen LogP contribution in [0.2, 0.25) is 5.02 Å². The third-order valence-electron chi connectivity index (χ3n) is 5.55. The number of carbonyl (C=O) groups excluding carboxylic acids is 1. The molecule has 2 aromatic carbocycles. The number of fused-ring (bicyclic) bond motifs is 1. The van der Waals surface area contributed by atoms with Crippen molar-refractivity contribution in [3.8, 4) is 0 Å². The van der Waals surface area contributed by atoms with E-state index < -0.39 is 12.0 Å². The number of rotatable bonds is 9. The molecule has 0 bridgehead atoms. The molecule has 1 amide bonds. The first-order valence-electron chi connectivity index (χ1n) is 10.5. The number of carbonyl (C=O) groups is 1. The Balaban J connectivity index is 1.41. The molecule has 1 atom stereocenters. The monoisotopic (exact) mass is 460 g/mol. The molecular formula is C22H26ClFN6O2. The van der Waals surface area contributed by atoms with Gasteiger partial charge in [0.2, 0.25) is 5.91 Å². The number of nitrogens with one attached hydrogen (secondary N) is 1.